The van der Waals surface area contributed by atoms with E-state index in [1.807, 2.05) is 6.07 Å². The van der Waals surface area contributed by atoms with Crippen LogP contribution in [0.2, 0.25) is 0 Å². The van der Waals surface area contributed by atoms with Crippen LogP contribution in [0.5, 0.6) is 0 Å². The van der Waals surface area contributed by atoms with E-state index in [0.29, 0.717) is 18.9 Å². The van der Waals surface area contributed by atoms with Crippen LogP contribution in [-0.2, 0) is 38.9 Å². The molecule has 17 heteroatoms. The van der Waals surface area contributed by atoms with Crippen LogP contribution in [0, 0.1) is 0 Å². The molecule has 0 amide bonds. The highest BCUT2D eigenvalue weighted by molar-refractivity contribution is 7.91. The van der Waals surface area contributed by atoms with Crippen LogP contribution < -0.4 is 4.90 Å². The molecule has 2 aromatic rings. The number of carboxylic acid groups (broad SMARTS) is 2. The number of sulfone groups is 1. The number of hydrogen-bond donors (Lipinski definition) is 2. The maximum absolute atomic E-state index is 11.9. The van der Waals surface area contributed by atoms with Crippen LogP contribution in [0.1, 0.15) is 36.6 Å². The molecule has 3 heterocycles. The van der Waals surface area contributed by atoms with Gasteiger partial charge in [0.25, 0.3) is 0 Å². The molecular formula is C25H30F6N4O6S. The number of carboxylic acids is 2. The molecule has 10 nitrogen and oxygen atoms in total. The fraction of sp³-hybridized carbons (Fsp3) is 0.520. The highest BCUT2D eigenvalue weighted by Crippen LogP contribution is 2.31. The number of halogens is 6. The Balaban J connectivity index is 0.000000367. The maximum atomic E-state index is 11.9. The molecule has 1 aromatic heterocycles. The highest BCUT2D eigenvalue weighted by atomic mass is 32.2. The van der Waals surface area contributed by atoms with Gasteiger partial charge in [0.1, 0.15) is 22.0 Å². The van der Waals surface area contributed by atoms with E-state index < -0.39 is 34.1 Å². The van der Waals surface area contributed by atoms with Crippen LogP contribution in [0.3, 0.4) is 0 Å². The summed E-state index contributed by atoms with van der Waals surface area (Å²) >= 11 is 0. The zero-order valence-electron chi connectivity index (χ0n) is 22.6. The first-order chi connectivity index (χ1) is 19.3. The predicted molar refractivity (Wildman–Crippen MR) is 138 cm³/mol. The Labute approximate surface area is 237 Å². The Morgan fingerprint density at radius 1 is 0.952 bits per heavy atom. The van der Waals surface area contributed by atoms with Gasteiger partial charge in [-0.25, -0.2) is 28.0 Å². The van der Waals surface area contributed by atoms with Gasteiger partial charge in [0.05, 0.1) is 10.9 Å². The summed E-state index contributed by atoms with van der Waals surface area (Å²) in [6, 6.07) is 11.0. The van der Waals surface area contributed by atoms with Crippen molar-refractivity contribution in [3.63, 3.8) is 0 Å². The number of aromatic nitrogens is 2. The van der Waals surface area contributed by atoms with E-state index in [1.165, 1.54) is 17.4 Å². The van der Waals surface area contributed by atoms with Gasteiger partial charge in [-0.3, -0.25) is 4.90 Å². The lowest BCUT2D eigenvalue weighted by atomic mass is 9.98. The molecule has 234 valence electrons. The number of anilines is 1. The average molecular weight is 629 g/mol. The standard InChI is InChI=1S/C21H28N4O2S.2C2HF3O2/c1-16-12-20-19(14-25(16)13-17-6-4-3-5-7-17)21(23-15-22-20)24-10-8-18(9-11-24)28(2,26)27;2*3-2(4,5)1(6)7/h3-7,15-16,18H,8-14H2,1-2H3;2*(H,6,7)/t16-;;/m1../s1. The van der Waals surface area contributed by atoms with E-state index >= 15 is 0 Å². The first-order valence-corrected chi connectivity index (χ1v) is 14.4. The van der Waals surface area contributed by atoms with Gasteiger partial charge in [-0.1, -0.05) is 30.3 Å². The van der Waals surface area contributed by atoms with Crippen molar-refractivity contribution in [1.82, 2.24) is 14.9 Å². The second-order valence-electron chi connectivity index (χ2n) is 9.69. The van der Waals surface area contributed by atoms with Crippen molar-refractivity contribution in [2.75, 3.05) is 24.2 Å². The Bertz CT molecular complexity index is 1290. The summed E-state index contributed by atoms with van der Waals surface area (Å²) in [6.07, 6.45) is -4.90. The van der Waals surface area contributed by atoms with Crippen molar-refractivity contribution in [2.24, 2.45) is 0 Å². The average Bonchev–Trinajstić information content (AvgIpc) is 2.88. The minimum Gasteiger partial charge on any atom is -0.475 e. The summed E-state index contributed by atoms with van der Waals surface area (Å²) in [5.74, 6) is -4.53. The van der Waals surface area contributed by atoms with E-state index in [2.05, 4.69) is 51.0 Å². The fourth-order valence-corrected chi connectivity index (χ4v) is 5.41. The predicted octanol–water partition coefficient (Wildman–Crippen LogP) is 3.70. The van der Waals surface area contributed by atoms with E-state index in [-0.39, 0.29) is 5.25 Å². The summed E-state index contributed by atoms with van der Waals surface area (Å²) in [4.78, 5) is 31.7. The molecule has 4 rings (SSSR count). The van der Waals surface area contributed by atoms with Gasteiger partial charge in [-0.2, -0.15) is 26.3 Å². The Kier molecular flexibility index (Phi) is 11.7. The Morgan fingerprint density at radius 3 is 1.90 bits per heavy atom. The number of nitrogens with zero attached hydrogens (tertiary/aromatic N) is 4. The number of carbonyl (C=O) groups is 2. The second kappa shape index (κ2) is 14.1. The van der Waals surface area contributed by atoms with Gasteiger partial charge < -0.3 is 15.1 Å². The minimum atomic E-state index is -5.08. The third-order valence-electron chi connectivity index (χ3n) is 6.55. The summed E-state index contributed by atoms with van der Waals surface area (Å²) in [6.45, 7) is 5.45. The van der Waals surface area contributed by atoms with Crippen molar-refractivity contribution >= 4 is 27.6 Å². The van der Waals surface area contributed by atoms with E-state index in [0.717, 1.165) is 44.1 Å². The molecule has 2 aliphatic heterocycles. The molecule has 42 heavy (non-hydrogen) atoms. The van der Waals surface area contributed by atoms with Crippen LogP contribution in [0.25, 0.3) is 0 Å². The normalized spacial score (nSPS) is 18.1. The number of benzene rings is 1. The molecule has 0 unspecified atom stereocenters. The Morgan fingerprint density at radius 2 is 1.45 bits per heavy atom. The molecule has 0 bridgehead atoms. The van der Waals surface area contributed by atoms with Crippen LogP contribution in [0.15, 0.2) is 36.7 Å². The molecule has 0 radical (unpaired) electrons. The first kappa shape index (κ1) is 34.7. The number of rotatable bonds is 4. The molecule has 0 aliphatic carbocycles. The largest absolute Gasteiger partial charge is 0.490 e. The van der Waals surface area contributed by atoms with Gasteiger partial charge in [0, 0.05) is 50.5 Å². The van der Waals surface area contributed by atoms with Crippen molar-refractivity contribution in [3.05, 3.63) is 53.5 Å². The van der Waals surface area contributed by atoms with E-state index in [9.17, 15) is 34.8 Å². The summed E-state index contributed by atoms with van der Waals surface area (Å²) < 4.78 is 87.2. The number of alkyl halides is 6. The molecule has 0 spiro atoms. The molecule has 1 atom stereocenters. The minimum absolute atomic E-state index is 0.226. The van der Waals surface area contributed by atoms with E-state index in [4.69, 9.17) is 19.8 Å². The lowest BCUT2D eigenvalue weighted by Crippen LogP contribution is -2.42. The van der Waals surface area contributed by atoms with Crippen LogP contribution in [0.4, 0.5) is 32.2 Å². The van der Waals surface area contributed by atoms with Gasteiger partial charge in [-0.05, 0) is 25.3 Å². The zero-order chi connectivity index (χ0) is 31.9. The zero-order valence-corrected chi connectivity index (χ0v) is 23.4. The maximum Gasteiger partial charge on any atom is 0.490 e. The molecular weight excluding hydrogens is 598 g/mol. The monoisotopic (exact) mass is 628 g/mol. The highest BCUT2D eigenvalue weighted by Gasteiger charge is 2.39. The number of hydrogen-bond acceptors (Lipinski definition) is 8. The number of fused-ring (bicyclic) bond motifs is 1. The summed E-state index contributed by atoms with van der Waals surface area (Å²) in [5.41, 5.74) is 3.64. The molecule has 1 aromatic carbocycles. The third kappa shape index (κ3) is 10.4. The van der Waals surface area contributed by atoms with Crippen LogP contribution in [-0.4, -0.2) is 88.4 Å². The topological polar surface area (TPSA) is 141 Å². The van der Waals surface area contributed by atoms with Gasteiger partial charge in [0.2, 0.25) is 0 Å². The molecule has 1 saturated heterocycles. The fourth-order valence-electron chi connectivity index (χ4n) is 4.34. The third-order valence-corrected chi connectivity index (χ3v) is 8.23. The van der Waals surface area contributed by atoms with E-state index in [1.54, 1.807) is 6.33 Å². The lowest BCUT2D eigenvalue weighted by Gasteiger charge is -2.38. The molecule has 2 aliphatic rings. The van der Waals surface area contributed by atoms with Crippen molar-refractivity contribution in [2.45, 2.75) is 62.9 Å². The first-order valence-electron chi connectivity index (χ1n) is 12.5. The van der Waals surface area contributed by atoms with Crippen molar-refractivity contribution < 1.29 is 54.6 Å². The summed E-state index contributed by atoms with van der Waals surface area (Å²) in [5, 5.41) is 14.0. The molecule has 2 N–H and O–H groups in total. The quantitative estimate of drug-likeness (QED) is 0.482. The Hall–Kier alpha value is -3.47. The lowest BCUT2D eigenvalue weighted by molar-refractivity contribution is -0.193. The number of aliphatic carboxylic acids is 2. The van der Waals surface area contributed by atoms with Gasteiger partial charge in [0.15, 0.2) is 0 Å². The van der Waals surface area contributed by atoms with Gasteiger partial charge >= 0.3 is 24.3 Å². The SMILES string of the molecule is C[C@@H]1Cc2ncnc(N3CCC(S(C)(=O)=O)CC3)c2CN1Cc1ccccc1.O=C(O)C(F)(F)F.O=C(O)C(F)(F)F. The van der Waals surface area contributed by atoms with Crippen molar-refractivity contribution in [3.8, 4) is 0 Å². The summed E-state index contributed by atoms with van der Waals surface area (Å²) in [7, 11) is -2.97. The molecule has 1 fully saturated rings. The van der Waals surface area contributed by atoms with Crippen molar-refractivity contribution in [1.29, 1.82) is 0 Å². The van der Waals surface area contributed by atoms with Crippen LogP contribution >= 0.6 is 0 Å². The smallest absolute Gasteiger partial charge is 0.475 e. The number of piperidine rings is 1. The second-order valence-corrected chi connectivity index (χ2v) is 12.0. The van der Waals surface area contributed by atoms with Gasteiger partial charge in [-0.15, -0.1) is 0 Å². The molecule has 0 saturated carbocycles.